The lowest BCUT2D eigenvalue weighted by Gasteiger charge is -2.39. The first kappa shape index (κ1) is 31.7. The van der Waals surface area contributed by atoms with Crippen LogP contribution in [0.1, 0.15) is 83.2 Å². The second-order valence-electron chi connectivity index (χ2n) is 14.4. The molecule has 0 bridgehead atoms. The van der Waals surface area contributed by atoms with Crippen LogP contribution in [0.4, 0.5) is 13.6 Å². The highest BCUT2D eigenvalue weighted by Gasteiger charge is 2.58. The van der Waals surface area contributed by atoms with Gasteiger partial charge < -0.3 is 24.6 Å². The molecule has 44 heavy (non-hydrogen) atoms. The quantitative estimate of drug-likeness (QED) is 0.400. The zero-order chi connectivity index (χ0) is 30.9. The Morgan fingerprint density at radius 1 is 1.07 bits per heavy atom. The van der Waals surface area contributed by atoms with Crippen LogP contribution in [0.15, 0.2) is 30.3 Å². The van der Waals surface area contributed by atoms with Gasteiger partial charge in [0.1, 0.15) is 6.79 Å². The van der Waals surface area contributed by atoms with Crippen LogP contribution < -0.4 is 5.32 Å². The van der Waals surface area contributed by atoms with Crippen molar-refractivity contribution in [3.05, 3.63) is 35.9 Å². The number of rotatable bonds is 9. The predicted molar refractivity (Wildman–Crippen MR) is 163 cm³/mol. The van der Waals surface area contributed by atoms with E-state index in [1.165, 1.54) is 6.42 Å². The SMILES string of the molecule is CC(C)N1C(=O)N(CC2COCOC2)CC12CC1CCCN(CC[C@H](NC(=O)C3CCC(F)(F)CC3)c3ccccc3)C1C2. The van der Waals surface area contributed by atoms with Gasteiger partial charge in [0.25, 0.3) is 0 Å². The Balaban J connectivity index is 1.13. The number of piperidine rings is 1. The molecule has 0 aromatic heterocycles. The van der Waals surface area contributed by atoms with Gasteiger partial charge in [0.15, 0.2) is 0 Å². The smallest absolute Gasteiger partial charge is 0.320 e. The molecule has 5 aliphatic rings. The minimum atomic E-state index is -2.65. The first-order valence-electron chi connectivity index (χ1n) is 16.8. The maximum Gasteiger partial charge on any atom is 0.320 e. The number of benzene rings is 1. The number of fused-ring (bicyclic) bond motifs is 1. The molecule has 244 valence electrons. The second kappa shape index (κ2) is 13.2. The number of hydrogen-bond donors (Lipinski definition) is 1. The Labute approximate surface area is 260 Å². The summed E-state index contributed by atoms with van der Waals surface area (Å²) < 4.78 is 38.6. The Morgan fingerprint density at radius 3 is 2.50 bits per heavy atom. The molecule has 2 saturated carbocycles. The van der Waals surface area contributed by atoms with Gasteiger partial charge in [-0.25, -0.2) is 13.6 Å². The molecule has 2 aliphatic carbocycles. The first-order valence-corrected chi connectivity index (χ1v) is 16.8. The molecule has 3 aliphatic heterocycles. The number of carbonyl (C=O) groups is 2. The highest BCUT2D eigenvalue weighted by Crippen LogP contribution is 2.49. The largest absolute Gasteiger partial charge is 0.355 e. The van der Waals surface area contributed by atoms with E-state index in [4.69, 9.17) is 9.47 Å². The summed E-state index contributed by atoms with van der Waals surface area (Å²) >= 11 is 0. The van der Waals surface area contributed by atoms with Crippen molar-refractivity contribution in [2.24, 2.45) is 17.8 Å². The summed E-state index contributed by atoms with van der Waals surface area (Å²) in [5, 5.41) is 3.26. The molecular formula is C34H50F2N4O4. The van der Waals surface area contributed by atoms with Gasteiger partial charge >= 0.3 is 6.03 Å². The summed E-state index contributed by atoms with van der Waals surface area (Å²) in [6.45, 7) is 9.14. The van der Waals surface area contributed by atoms with Crippen LogP contribution in [0.5, 0.6) is 0 Å². The summed E-state index contributed by atoms with van der Waals surface area (Å²) in [5.74, 6) is -2.37. The van der Waals surface area contributed by atoms with Crippen molar-refractivity contribution < 1.29 is 27.8 Å². The Hall–Kier alpha value is -2.30. The summed E-state index contributed by atoms with van der Waals surface area (Å²) in [5.41, 5.74) is 0.882. The third kappa shape index (κ3) is 6.77. The Kier molecular flexibility index (Phi) is 9.50. The van der Waals surface area contributed by atoms with Crippen molar-refractivity contribution in [3.63, 3.8) is 0 Å². The van der Waals surface area contributed by atoms with E-state index in [1.807, 2.05) is 35.2 Å². The summed E-state index contributed by atoms with van der Waals surface area (Å²) in [6.07, 6.45) is 5.11. The number of nitrogens with zero attached hydrogens (tertiary/aromatic N) is 3. The van der Waals surface area contributed by atoms with Gasteiger partial charge in [-0.05, 0) is 76.8 Å². The van der Waals surface area contributed by atoms with E-state index in [-0.39, 0.29) is 67.1 Å². The number of carbonyl (C=O) groups excluding carboxylic acids is 2. The number of hydrogen-bond acceptors (Lipinski definition) is 5. The zero-order valence-corrected chi connectivity index (χ0v) is 26.4. The van der Waals surface area contributed by atoms with Crippen LogP contribution in [-0.2, 0) is 14.3 Å². The fourth-order valence-corrected chi connectivity index (χ4v) is 8.92. The average molecular weight is 617 g/mol. The van der Waals surface area contributed by atoms with E-state index in [1.54, 1.807) is 0 Å². The molecule has 1 spiro atoms. The number of amides is 3. The van der Waals surface area contributed by atoms with Crippen molar-refractivity contribution in [3.8, 4) is 0 Å². The van der Waals surface area contributed by atoms with Crippen LogP contribution in [-0.4, -0.2) is 96.4 Å². The predicted octanol–water partition coefficient (Wildman–Crippen LogP) is 5.44. The van der Waals surface area contributed by atoms with E-state index in [2.05, 4.69) is 29.0 Å². The summed E-state index contributed by atoms with van der Waals surface area (Å²) in [4.78, 5) is 33.9. The molecule has 3 amide bonds. The molecule has 6 rings (SSSR count). The van der Waals surface area contributed by atoms with Gasteiger partial charge in [-0.15, -0.1) is 0 Å². The molecule has 8 nitrogen and oxygen atoms in total. The number of ether oxygens (including phenoxy) is 2. The molecule has 3 heterocycles. The van der Waals surface area contributed by atoms with Crippen molar-refractivity contribution in [2.75, 3.05) is 46.2 Å². The molecule has 0 radical (unpaired) electrons. The lowest BCUT2D eigenvalue weighted by Crippen LogP contribution is -2.50. The lowest BCUT2D eigenvalue weighted by atomic mass is 9.86. The number of nitrogens with one attached hydrogen (secondary N) is 1. The van der Waals surface area contributed by atoms with Crippen LogP contribution in [0.3, 0.4) is 0 Å². The van der Waals surface area contributed by atoms with Crippen molar-refractivity contribution >= 4 is 11.9 Å². The molecular weight excluding hydrogens is 566 g/mol. The van der Waals surface area contributed by atoms with Gasteiger partial charge in [-0.1, -0.05) is 30.3 Å². The van der Waals surface area contributed by atoms with Crippen LogP contribution in [0.25, 0.3) is 0 Å². The first-order chi connectivity index (χ1) is 21.1. The number of alkyl halides is 2. The molecule has 4 atom stereocenters. The van der Waals surface area contributed by atoms with Crippen LogP contribution >= 0.6 is 0 Å². The van der Waals surface area contributed by atoms with Gasteiger partial charge in [0.05, 0.1) is 24.8 Å². The van der Waals surface area contributed by atoms with E-state index in [0.717, 1.165) is 50.9 Å². The number of urea groups is 1. The van der Waals surface area contributed by atoms with Crippen molar-refractivity contribution in [1.82, 2.24) is 20.0 Å². The molecule has 3 unspecified atom stereocenters. The highest BCUT2D eigenvalue weighted by atomic mass is 19.3. The molecule has 5 fully saturated rings. The molecule has 10 heteroatoms. The minimum absolute atomic E-state index is 0.100. The fraction of sp³-hybridized carbons (Fsp3) is 0.765. The van der Waals surface area contributed by atoms with Gasteiger partial charge in [-0.2, -0.15) is 0 Å². The normalized spacial score (nSPS) is 30.7. The highest BCUT2D eigenvalue weighted by molar-refractivity contribution is 5.79. The van der Waals surface area contributed by atoms with Crippen LogP contribution in [0.2, 0.25) is 0 Å². The lowest BCUT2D eigenvalue weighted by molar-refractivity contribution is -0.130. The number of halogens is 2. The van der Waals surface area contributed by atoms with E-state index in [0.29, 0.717) is 38.5 Å². The zero-order valence-electron chi connectivity index (χ0n) is 26.4. The van der Waals surface area contributed by atoms with Gasteiger partial charge in [0, 0.05) is 56.4 Å². The Bertz CT molecular complexity index is 1140. The van der Waals surface area contributed by atoms with E-state index < -0.39 is 5.92 Å². The molecule has 1 N–H and O–H groups in total. The van der Waals surface area contributed by atoms with Crippen LogP contribution in [0, 0.1) is 17.8 Å². The Morgan fingerprint density at radius 2 is 1.80 bits per heavy atom. The molecule has 1 aromatic carbocycles. The molecule has 3 saturated heterocycles. The maximum absolute atomic E-state index is 13.8. The second-order valence-corrected chi connectivity index (χ2v) is 14.4. The fourth-order valence-electron chi connectivity index (χ4n) is 8.92. The maximum atomic E-state index is 13.8. The van der Waals surface area contributed by atoms with Crippen molar-refractivity contribution in [2.45, 2.75) is 101 Å². The molecule has 1 aromatic rings. The third-order valence-electron chi connectivity index (χ3n) is 10.9. The minimum Gasteiger partial charge on any atom is -0.355 e. The average Bonchev–Trinajstić information content (AvgIpc) is 3.51. The van der Waals surface area contributed by atoms with Gasteiger partial charge in [0.2, 0.25) is 11.8 Å². The standard InChI is InChI=1S/C34H50F2N4O4/c1-24(2)40-32(42)39(19-25-20-43-23-44-21-25)22-33(40)17-28-9-6-15-38(30(28)18-33)16-12-29(26-7-4-3-5-8-26)37-31(41)27-10-13-34(35,36)14-11-27/h3-5,7-8,24-25,27-30H,6,9-23H2,1-2H3,(H,37,41)/t28?,29-,30?,33?/m0/s1. The summed E-state index contributed by atoms with van der Waals surface area (Å²) in [7, 11) is 0. The number of likely N-dealkylation sites (tertiary alicyclic amines) is 1. The van der Waals surface area contributed by atoms with Crippen molar-refractivity contribution in [1.29, 1.82) is 0 Å². The summed E-state index contributed by atoms with van der Waals surface area (Å²) in [6, 6.07) is 10.5. The topological polar surface area (TPSA) is 74.4 Å². The monoisotopic (exact) mass is 616 g/mol. The van der Waals surface area contributed by atoms with E-state index in [9.17, 15) is 18.4 Å². The van der Waals surface area contributed by atoms with E-state index >= 15 is 0 Å². The van der Waals surface area contributed by atoms with Gasteiger partial charge in [-0.3, -0.25) is 9.69 Å². The third-order valence-corrected chi connectivity index (χ3v) is 10.9.